The molecule has 2 rings (SSSR count). The quantitative estimate of drug-likeness (QED) is 0.676. The van der Waals surface area contributed by atoms with E-state index in [2.05, 4.69) is 4.90 Å². The first-order valence-corrected chi connectivity index (χ1v) is 6.42. The highest BCUT2D eigenvalue weighted by Gasteiger charge is 2.27. The maximum Gasteiger partial charge on any atom is 0.274 e. The van der Waals surface area contributed by atoms with Crippen LogP contribution in [0.2, 0.25) is 0 Å². The number of ether oxygens (including phenoxy) is 1. The van der Waals surface area contributed by atoms with E-state index in [4.69, 9.17) is 10.5 Å². The van der Waals surface area contributed by atoms with Crippen LogP contribution in [0.4, 0.5) is 5.69 Å². The molecule has 0 spiro atoms. The third kappa shape index (κ3) is 3.67. The van der Waals surface area contributed by atoms with Crippen LogP contribution in [0.25, 0.3) is 0 Å². The number of nitro groups is 1. The second-order valence-electron chi connectivity index (χ2n) is 4.72. The minimum Gasteiger partial charge on any atom is -0.374 e. The van der Waals surface area contributed by atoms with E-state index in [1.54, 1.807) is 12.1 Å². The van der Waals surface area contributed by atoms with Gasteiger partial charge in [0.25, 0.3) is 5.69 Å². The van der Waals surface area contributed by atoms with Gasteiger partial charge in [0.2, 0.25) is 0 Å². The third-order valence-corrected chi connectivity index (χ3v) is 3.56. The summed E-state index contributed by atoms with van der Waals surface area (Å²) in [6.45, 7) is 4.56. The molecule has 2 unspecified atom stereocenters. The fourth-order valence-corrected chi connectivity index (χ4v) is 2.44. The van der Waals surface area contributed by atoms with Crippen LogP contribution in [0.15, 0.2) is 24.3 Å². The van der Waals surface area contributed by atoms with Gasteiger partial charge < -0.3 is 10.5 Å². The largest absolute Gasteiger partial charge is 0.374 e. The maximum absolute atomic E-state index is 11.1. The van der Waals surface area contributed by atoms with Gasteiger partial charge >= 0.3 is 0 Å². The molecule has 1 aliphatic rings. The molecule has 112 valence electrons. The average Bonchev–Trinajstić information content (AvgIpc) is 2.46. The number of halogens is 1. The summed E-state index contributed by atoms with van der Waals surface area (Å²) in [6.07, 6.45) is 0.0129. The molecule has 1 aliphatic heterocycles. The van der Waals surface area contributed by atoms with Crippen LogP contribution in [0.5, 0.6) is 0 Å². The smallest absolute Gasteiger partial charge is 0.274 e. The van der Waals surface area contributed by atoms with Crippen molar-refractivity contribution in [2.24, 2.45) is 5.73 Å². The molecule has 1 aromatic carbocycles. The number of nitrogens with zero attached hydrogens (tertiary/aromatic N) is 2. The van der Waals surface area contributed by atoms with E-state index in [0.717, 1.165) is 12.1 Å². The van der Waals surface area contributed by atoms with E-state index in [1.807, 2.05) is 19.1 Å². The zero-order valence-electron chi connectivity index (χ0n) is 11.4. The number of benzene rings is 1. The summed E-state index contributed by atoms with van der Waals surface area (Å²) in [6, 6.07) is 6.87. The van der Waals surface area contributed by atoms with Crippen molar-refractivity contribution >= 4 is 18.1 Å². The molecular formula is C13H20ClN3O3. The van der Waals surface area contributed by atoms with Gasteiger partial charge in [0.15, 0.2) is 0 Å². The summed E-state index contributed by atoms with van der Waals surface area (Å²) in [4.78, 5) is 12.9. The fraction of sp³-hybridized carbons (Fsp3) is 0.538. The molecule has 0 amide bonds. The van der Waals surface area contributed by atoms with Crippen LogP contribution in [0.1, 0.15) is 18.5 Å². The van der Waals surface area contributed by atoms with Crippen LogP contribution >= 0.6 is 12.4 Å². The lowest BCUT2D eigenvalue weighted by molar-refractivity contribution is -0.386. The van der Waals surface area contributed by atoms with Gasteiger partial charge in [-0.3, -0.25) is 15.0 Å². The van der Waals surface area contributed by atoms with Gasteiger partial charge in [-0.15, -0.1) is 12.4 Å². The molecule has 0 aliphatic carbocycles. The fourth-order valence-electron chi connectivity index (χ4n) is 2.44. The van der Waals surface area contributed by atoms with Gasteiger partial charge in [-0.25, -0.2) is 0 Å². The second-order valence-corrected chi connectivity index (χ2v) is 4.72. The van der Waals surface area contributed by atoms with Crippen molar-refractivity contribution in [1.29, 1.82) is 0 Å². The number of hydrogen-bond donors (Lipinski definition) is 1. The van der Waals surface area contributed by atoms with Crippen LogP contribution in [-0.4, -0.2) is 42.2 Å². The van der Waals surface area contributed by atoms with E-state index < -0.39 is 0 Å². The Labute approximate surface area is 124 Å². The summed E-state index contributed by atoms with van der Waals surface area (Å²) in [5.74, 6) is 0. The Morgan fingerprint density at radius 1 is 1.55 bits per heavy atom. The van der Waals surface area contributed by atoms with Crippen molar-refractivity contribution in [1.82, 2.24) is 4.90 Å². The first-order chi connectivity index (χ1) is 9.13. The predicted octanol–water partition coefficient (Wildman–Crippen LogP) is 1.74. The molecule has 0 radical (unpaired) electrons. The Balaban J connectivity index is 0.00000200. The van der Waals surface area contributed by atoms with E-state index in [9.17, 15) is 10.1 Å². The normalized spacial score (nSPS) is 21.0. The Bertz CT molecular complexity index is 458. The van der Waals surface area contributed by atoms with Crippen molar-refractivity contribution in [3.05, 3.63) is 39.9 Å². The third-order valence-electron chi connectivity index (χ3n) is 3.56. The first kappa shape index (κ1) is 16.8. The van der Waals surface area contributed by atoms with Gasteiger partial charge in [0.05, 0.1) is 17.6 Å². The van der Waals surface area contributed by atoms with Crippen LogP contribution < -0.4 is 5.73 Å². The SMILES string of the molecule is CC(c1ccccc1[N+](=O)[O-])N1CCOC(CN)C1.Cl. The van der Waals surface area contributed by atoms with Crippen molar-refractivity contribution in [3.63, 3.8) is 0 Å². The van der Waals surface area contributed by atoms with Crippen molar-refractivity contribution < 1.29 is 9.66 Å². The Morgan fingerprint density at radius 3 is 2.90 bits per heavy atom. The van der Waals surface area contributed by atoms with E-state index in [0.29, 0.717) is 19.7 Å². The summed E-state index contributed by atoms with van der Waals surface area (Å²) >= 11 is 0. The summed E-state index contributed by atoms with van der Waals surface area (Å²) in [5.41, 5.74) is 6.54. The molecule has 1 saturated heterocycles. The molecule has 7 heteroatoms. The highest BCUT2D eigenvalue weighted by Crippen LogP contribution is 2.29. The van der Waals surface area contributed by atoms with Gasteiger partial charge in [0.1, 0.15) is 0 Å². The maximum atomic E-state index is 11.1. The first-order valence-electron chi connectivity index (χ1n) is 6.42. The zero-order chi connectivity index (χ0) is 13.8. The van der Waals surface area contributed by atoms with Crippen molar-refractivity contribution in [2.75, 3.05) is 26.2 Å². The number of nitro benzene ring substituents is 1. The lowest BCUT2D eigenvalue weighted by atomic mass is 10.0. The zero-order valence-corrected chi connectivity index (χ0v) is 12.2. The molecule has 0 saturated carbocycles. The van der Waals surface area contributed by atoms with Crippen LogP contribution in [0, 0.1) is 10.1 Å². The van der Waals surface area contributed by atoms with Crippen molar-refractivity contribution in [3.8, 4) is 0 Å². The predicted molar refractivity (Wildman–Crippen MR) is 79.1 cm³/mol. The molecule has 20 heavy (non-hydrogen) atoms. The Kier molecular flexibility index (Phi) is 6.35. The Morgan fingerprint density at radius 2 is 2.25 bits per heavy atom. The molecule has 0 aromatic heterocycles. The summed E-state index contributed by atoms with van der Waals surface area (Å²) in [7, 11) is 0. The lowest BCUT2D eigenvalue weighted by Crippen LogP contribution is -2.46. The number of hydrogen-bond acceptors (Lipinski definition) is 5. The molecule has 2 N–H and O–H groups in total. The summed E-state index contributed by atoms with van der Waals surface area (Å²) in [5, 5.41) is 11.1. The minimum absolute atomic E-state index is 0. The minimum atomic E-state index is -0.327. The van der Waals surface area contributed by atoms with Gasteiger partial charge in [-0.05, 0) is 6.92 Å². The Hall–Kier alpha value is -1.21. The van der Waals surface area contributed by atoms with Gasteiger partial charge in [-0.2, -0.15) is 0 Å². The van der Waals surface area contributed by atoms with E-state index in [-0.39, 0.29) is 35.2 Å². The highest BCUT2D eigenvalue weighted by molar-refractivity contribution is 5.85. The van der Waals surface area contributed by atoms with E-state index >= 15 is 0 Å². The van der Waals surface area contributed by atoms with Crippen LogP contribution in [-0.2, 0) is 4.74 Å². The topological polar surface area (TPSA) is 81.6 Å². The summed E-state index contributed by atoms with van der Waals surface area (Å²) < 4.78 is 5.52. The molecule has 1 fully saturated rings. The molecule has 1 heterocycles. The molecular weight excluding hydrogens is 282 g/mol. The van der Waals surface area contributed by atoms with Gasteiger partial charge in [-0.1, -0.05) is 18.2 Å². The molecule has 2 atom stereocenters. The molecule has 6 nitrogen and oxygen atoms in total. The van der Waals surface area contributed by atoms with Crippen LogP contribution in [0.3, 0.4) is 0 Å². The highest BCUT2D eigenvalue weighted by atomic mass is 35.5. The second kappa shape index (κ2) is 7.54. The number of para-hydroxylation sites is 1. The number of morpholine rings is 1. The monoisotopic (exact) mass is 301 g/mol. The van der Waals surface area contributed by atoms with E-state index in [1.165, 1.54) is 0 Å². The molecule has 0 bridgehead atoms. The molecule has 1 aromatic rings. The van der Waals surface area contributed by atoms with Gasteiger partial charge in [0, 0.05) is 37.3 Å². The number of rotatable bonds is 4. The standard InChI is InChI=1S/C13H19N3O3.ClH/c1-10(15-6-7-19-11(8-14)9-15)12-4-2-3-5-13(12)16(17)18;/h2-5,10-11H,6-9,14H2,1H3;1H. The lowest BCUT2D eigenvalue weighted by Gasteiger charge is -2.36. The average molecular weight is 302 g/mol. The number of nitrogens with two attached hydrogens (primary N) is 1. The van der Waals surface area contributed by atoms with Crippen molar-refractivity contribution in [2.45, 2.75) is 19.1 Å².